The monoisotopic (exact) mass is 218 g/mol. The van der Waals surface area contributed by atoms with Crippen LogP contribution in [0.15, 0.2) is 30.4 Å². The van der Waals surface area contributed by atoms with Crippen molar-refractivity contribution < 1.29 is 9.84 Å². The minimum atomic E-state index is -0.432. The molecule has 0 fully saturated rings. The highest BCUT2D eigenvalue weighted by Crippen LogP contribution is 2.27. The van der Waals surface area contributed by atoms with Crippen LogP contribution in [0.5, 0.6) is 0 Å². The number of aliphatic hydroxyl groups excluding tert-OH is 1. The van der Waals surface area contributed by atoms with E-state index in [2.05, 4.69) is 25.6 Å². The van der Waals surface area contributed by atoms with Gasteiger partial charge in [0.05, 0.1) is 19.3 Å². The second-order valence-corrected chi connectivity index (χ2v) is 4.34. The van der Waals surface area contributed by atoms with Gasteiger partial charge in [0.1, 0.15) is 0 Å². The molecule has 0 radical (unpaired) electrons. The Balaban J connectivity index is 2.12. The first-order chi connectivity index (χ1) is 7.70. The summed E-state index contributed by atoms with van der Waals surface area (Å²) < 4.78 is 5.35. The lowest BCUT2D eigenvalue weighted by molar-refractivity contribution is 0.134. The number of aliphatic hydroxyl groups is 1. The molecule has 0 bridgehead atoms. The average molecular weight is 218 g/mol. The maximum Gasteiger partial charge on any atom is 0.0827 e. The molecule has 1 heterocycles. The topological polar surface area (TPSA) is 29.5 Å². The van der Waals surface area contributed by atoms with E-state index in [-0.39, 0.29) is 0 Å². The van der Waals surface area contributed by atoms with Gasteiger partial charge in [-0.3, -0.25) is 0 Å². The summed E-state index contributed by atoms with van der Waals surface area (Å²) in [7, 11) is 0. The van der Waals surface area contributed by atoms with Gasteiger partial charge in [-0.2, -0.15) is 0 Å². The van der Waals surface area contributed by atoms with Crippen LogP contribution >= 0.6 is 0 Å². The first-order valence-electron chi connectivity index (χ1n) is 5.75. The Hall–Kier alpha value is -1.12. The van der Waals surface area contributed by atoms with Gasteiger partial charge >= 0.3 is 0 Å². The van der Waals surface area contributed by atoms with Crippen LogP contribution in [0.4, 0.5) is 0 Å². The molecule has 0 saturated carbocycles. The summed E-state index contributed by atoms with van der Waals surface area (Å²) in [6, 6.07) is 6.09. The molecule has 0 amide bonds. The first kappa shape index (κ1) is 11.4. The van der Waals surface area contributed by atoms with Crippen LogP contribution in [0, 0.1) is 0 Å². The number of hydrogen-bond acceptors (Lipinski definition) is 2. The highest BCUT2D eigenvalue weighted by Gasteiger charge is 2.15. The number of fused-ring (bicyclic) bond motifs is 1. The Kier molecular flexibility index (Phi) is 3.42. The lowest BCUT2D eigenvalue weighted by Crippen LogP contribution is -1.99. The molecule has 0 saturated heterocycles. The fraction of sp³-hybridized carbons (Fsp3) is 0.429. The summed E-state index contributed by atoms with van der Waals surface area (Å²) in [5.74, 6) is 0. The molecule has 1 aliphatic heterocycles. The lowest BCUT2D eigenvalue weighted by atomic mass is 9.98. The summed E-state index contributed by atoms with van der Waals surface area (Å²) >= 11 is 0. The fourth-order valence-electron chi connectivity index (χ4n) is 1.93. The highest BCUT2D eigenvalue weighted by molar-refractivity contribution is 5.34. The maximum absolute atomic E-state index is 10.1. The van der Waals surface area contributed by atoms with Gasteiger partial charge in [-0.15, -0.1) is 0 Å². The summed E-state index contributed by atoms with van der Waals surface area (Å²) in [4.78, 5) is 0. The zero-order valence-electron chi connectivity index (χ0n) is 9.70. The van der Waals surface area contributed by atoms with Crippen LogP contribution < -0.4 is 0 Å². The third-order valence-electron chi connectivity index (χ3n) is 3.11. The van der Waals surface area contributed by atoms with E-state index in [4.69, 9.17) is 4.74 Å². The summed E-state index contributed by atoms with van der Waals surface area (Å²) in [5.41, 5.74) is 4.51. The quantitative estimate of drug-likeness (QED) is 0.787. The van der Waals surface area contributed by atoms with Gasteiger partial charge in [-0.1, -0.05) is 37.3 Å². The Morgan fingerprint density at radius 2 is 2.19 bits per heavy atom. The predicted octanol–water partition coefficient (Wildman–Crippen LogP) is 3.11. The van der Waals surface area contributed by atoms with Gasteiger partial charge in [-0.25, -0.2) is 0 Å². The second-order valence-electron chi connectivity index (χ2n) is 4.34. The van der Waals surface area contributed by atoms with E-state index in [0.717, 1.165) is 17.6 Å². The van der Waals surface area contributed by atoms with Crippen molar-refractivity contribution in [1.29, 1.82) is 0 Å². The second kappa shape index (κ2) is 4.81. The van der Waals surface area contributed by atoms with E-state index in [1.54, 1.807) is 0 Å². The largest absolute Gasteiger partial charge is 0.388 e. The molecule has 0 aromatic heterocycles. The molecular weight excluding hydrogens is 200 g/mol. The molecule has 2 heteroatoms. The summed E-state index contributed by atoms with van der Waals surface area (Å²) in [5, 5.41) is 10.1. The molecular formula is C14H18O2. The Morgan fingerprint density at radius 1 is 1.44 bits per heavy atom. The van der Waals surface area contributed by atoms with Crippen LogP contribution in [-0.2, 0) is 18.0 Å². The fourth-order valence-corrected chi connectivity index (χ4v) is 1.93. The van der Waals surface area contributed by atoms with E-state index in [9.17, 15) is 5.11 Å². The summed E-state index contributed by atoms with van der Waals surface area (Å²) in [6.45, 7) is 7.36. The van der Waals surface area contributed by atoms with Crippen molar-refractivity contribution in [1.82, 2.24) is 0 Å². The number of benzene rings is 1. The van der Waals surface area contributed by atoms with E-state index < -0.39 is 6.10 Å². The zero-order valence-corrected chi connectivity index (χ0v) is 9.70. The van der Waals surface area contributed by atoms with Crippen LogP contribution in [-0.4, -0.2) is 5.11 Å². The molecule has 1 N–H and O–H groups in total. The molecule has 2 rings (SSSR count). The van der Waals surface area contributed by atoms with Crippen LogP contribution in [0.3, 0.4) is 0 Å². The lowest BCUT2D eigenvalue weighted by Gasteiger charge is -2.13. The van der Waals surface area contributed by atoms with Crippen molar-refractivity contribution in [2.24, 2.45) is 0 Å². The molecule has 1 unspecified atom stereocenters. The standard InChI is InChI=1S/C14H18O2/c1-3-10(2)6-14(15)11-4-5-12-8-16-9-13(12)7-11/h4-5,7,14-15H,2-3,6,8-9H2,1H3. The third kappa shape index (κ3) is 2.34. The molecule has 2 nitrogen and oxygen atoms in total. The molecule has 1 aromatic carbocycles. The Bertz CT molecular complexity index is 396. The minimum Gasteiger partial charge on any atom is -0.388 e. The molecule has 1 atom stereocenters. The van der Waals surface area contributed by atoms with Crippen molar-refractivity contribution in [3.8, 4) is 0 Å². The molecule has 1 aromatic rings. The van der Waals surface area contributed by atoms with E-state index in [1.165, 1.54) is 11.1 Å². The normalized spacial score (nSPS) is 15.9. The first-order valence-corrected chi connectivity index (χ1v) is 5.75. The van der Waals surface area contributed by atoms with E-state index in [0.29, 0.717) is 19.6 Å². The average Bonchev–Trinajstić information content (AvgIpc) is 2.75. The van der Waals surface area contributed by atoms with Crippen LogP contribution in [0.1, 0.15) is 42.6 Å². The van der Waals surface area contributed by atoms with Gasteiger partial charge < -0.3 is 9.84 Å². The van der Waals surface area contributed by atoms with Crippen molar-refractivity contribution in [3.63, 3.8) is 0 Å². The molecule has 0 aliphatic carbocycles. The van der Waals surface area contributed by atoms with Crippen molar-refractivity contribution in [3.05, 3.63) is 47.0 Å². The van der Waals surface area contributed by atoms with Crippen molar-refractivity contribution in [2.75, 3.05) is 0 Å². The molecule has 0 spiro atoms. The van der Waals surface area contributed by atoms with E-state index >= 15 is 0 Å². The van der Waals surface area contributed by atoms with Crippen LogP contribution in [0.25, 0.3) is 0 Å². The molecule has 16 heavy (non-hydrogen) atoms. The molecule has 86 valence electrons. The van der Waals surface area contributed by atoms with Gasteiger partial charge in [-0.05, 0) is 29.5 Å². The van der Waals surface area contributed by atoms with Gasteiger partial charge in [0.2, 0.25) is 0 Å². The van der Waals surface area contributed by atoms with Gasteiger partial charge in [0, 0.05) is 0 Å². The number of hydrogen-bond donors (Lipinski definition) is 1. The third-order valence-corrected chi connectivity index (χ3v) is 3.11. The maximum atomic E-state index is 10.1. The number of ether oxygens (including phenoxy) is 1. The molecule has 1 aliphatic rings. The predicted molar refractivity (Wildman–Crippen MR) is 63.9 cm³/mol. The highest BCUT2D eigenvalue weighted by atomic mass is 16.5. The SMILES string of the molecule is C=C(CC)CC(O)c1ccc2c(c1)COC2. The van der Waals surface area contributed by atoms with Crippen molar-refractivity contribution >= 4 is 0 Å². The van der Waals surface area contributed by atoms with Crippen molar-refractivity contribution in [2.45, 2.75) is 39.1 Å². The smallest absolute Gasteiger partial charge is 0.0827 e. The zero-order chi connectivity index (χ0) is 11.5. The van der Waals surface area contributed by atoms with Gasteiger partial charge in [0.15, 0.2) is 0 Å². The Morgan fingerprint density at radius 3 is 2.94 bits per heavy atom. The minimum absolute atomic E-state index is 0.432. The van der Waals surface area contributed by atoms with E-state index in [1.807, 2.05) is 6.07 Å². The summed E-state index contributed by atoms with van der Waals surface area (Å²) in [6.07, 6.45) is 1.14. The Labute approximate surface area is 96.6 Å². The van der Waals surface area contributed by atoms with Crippen LogP contribution in [0.2, 0.25) is 0 Å². The number of rotatable bonds is 4. The van der Waals surface area contributed by atoms with Gasteiger partial charge in [0.25, 0.3) is 0 Å².